The van der Waals surface area contributed by atoms with E-state index < -0.39 is 10.0 Å². The summed E-state index contributed by atoms with van der Waals surface area (Å²) in [6.45, 7) is 3.68. The van der Waals surface area contributed by atoms with Crippen molar-refractivity contribution in [3.05, 3.63) is 29.2 Å². The van der Waals surface area contributed by atoms with Crippen LogP contribution in [0.1, 0.15) is 51.9 Å². The Morgan fingerprint density at radius 3 is 2.74 bits per heavy atom. The Balaban J connectivity index is 1.44. The minimum Gasteiger partial charge on any atom is -0.356 e. The number of rotatable bonds is 7. The van der Waals surface area contributed by atoms with E-state index >= 15 is 0 Å². The van der Waals surface area contributed by atoms with Gasteiger partial charge in [-0.1, -0.05) is 24.6 Å². The van der Waals surface area contributed by atoms with E-state index in [-0.39, 0.29) is 17.7 Å². The van der Waals surface area contributed by atoms with Crippen molar-refractivity contribution in [1.29, 1.82) is 0 Å². The number of carbonyl (C=O) groups is 1. The first-order valence-corrected chi connectivity index (χ1v) is 12.3. The van der Waals surface area contributed by atoms with Crippen molar-refractivity contribution in [2.75, 3.05) is 19.6 Å². The lowest BCUT2D eigenvalue weighted by molar-refractivity contribution is -0.126. The van der Waals surface area contributed by atoms with Crippen LogP contribution in [0.3, 0.4) is 0 Å². The molecule has 1 aliphatic heterocycles. The lowest BCUT2D eigenvalue weighted by Gasteiger charge is -2.33. The van der Waals surface area contributed by atoms with E-state index in [4.69, 9.17) is 0 Å². The molecule has 0 spiro atoms. The van der Waals surface area contributed by atoms with Crippen LogP contribution in [0.2, 0.25) is 0 Å². The molecule has 0 radical (unpaired) electrons. The molecule has 2 heterocycles. The van der Waals surface area contributed by atoms with Crippen molar-refractivity contribution in [1.82, 2.24) is 9.62 Å². The van der Waals surface area contributed by atoms with Gasteiger partial charge in [-0.3, -0.25) is 4.79 Å². The molecular formula is C20H30N2O3S2. The molecule has 1 aliphatic carbocycles. The molecule has 1 unspecified atom stereocenters. The van der Waals surface area contributed by atoms with Crippen LogP contribution in [0.25, 0.3) is 0 Å². The Kier molecular flexibility index (Phi) is 7.11. The van der Waals surface area contributed by atoms with Crippen molar-refractivity contribution in [2.24, 2.45) is 11.8 Å². The first-order valence-electron chi connectivity index (χ1n) is 9.98. The maximum absolute atomic E-state index is 12.6. The molecule has 1 aromatic rings. The molecule has 1 atom stereocenters. The van der Waals surface area contributed by atoms with Gasteiger partial charge in [0.1, 0.15) is 4.21 Å². The molecule has 0 aromatic carbocycles. The van der Waals surface area contributed by atoms with Crippen LogP contribution in [0, 0.1) is 11.8 Å². The van der Waals surface area contributed by atoms with Crippen LogP contribution >= 0.6 is 11.3 Å². The molecule has 1 amide bonds. The van der Waals surface area contributed by atoms with Gasteiger partial charge in [-0.25, -0.2) is 8.42 Å². The lowest BCUT2D eigenvalue weighted by Crippen LogP contribution is -2.42. The van der Waals surface area contributed by atoms with Crippen LogP contribution in [-0.4, -0.2) is 38.3 Å². The Morgan fingerprint density at radius 2 is 2.11 bits per heavy atom. The van der Waals surface area contributed by atoms with E-state index in [1.807, 2.05) is 6.92 Å². The van der Waals surface area contributed by atoms with Gasteiger partial charge in [-0.2, -0.15) is 4.31 Å². The maximum Gasteiger partial charge on any atom is 0.252 e. The number of carbonyl (C=O) groups excluding carboxylic acids is 1. The van der Waals surface area contributed by atoms with Crippen LogP contribution in [0.4, 0.5) is 0 Å². The van der Waals surface area contributed by atoms with Gasteiger partial charge in [0.15, 0.2) is 0 Å². The van der Waals surface area contributed by atoms with E-state index in [2.05, 4.69) is 11.4 Å². The fourth-order valence-electron chi connectivity index (χ4n) is 4.01. The number of thiophene rings is 1. The molecule has 3 rings (SSSR count). The molecule has 1 saturated heterocycles. The summed E-state index contributed by atoms with van der Waals surface area (Å²) in [5.41, 5.74) is 1.47. The summed E-state index contributed by atoms with van der Waals surface area (Å²) in [5, 5.41) is 4.87. The number of amides is 1. The summed E-state index contributed by atoms with van der Waals surface area (Å²) in [4.78, 5) is 12.5. The van der Waals surface area contributed by atoms with Gasteiger partial charge in [0.25, 0.3) is 10.0 Å². The smallest absolute Gasteiger partial charge is 0.252 e. The Hall–Kier alpha value is -1.18. The maximum atomic E-state index is 12.6. The van der Waals surface area contributed by atoms with Crippen molar-refractivity contribution in [3.8, 4) is 0 Å². The summed E-state index contributed by atoms with van der Waals surface area (Å²) in [7, 11) is -3.37. The van der Waals surface area contributed by atoms with Gasteiger partial charge < -0.3 is 5.32 Å². The summed E-state index contributed by atoms with van der Waals surface area (Å²) in [5.74, 6) is 0.275. The highest BCUT2D eigenvalue weighted by Gasteiger charge is 2.33. The second kappa shape index (κ2) is 9.34. The molecule has 5 nitrogen and oxygen atoms in total. The second-order valence-corrected chi connectivity index (χ2v) is 10.7. The third-order valence-corrected chi connectivity index (χ3v) is 9.11. The number of hydrogen-bond acceptors (Lipinski definition) is 4. The molecule has 7 heteroatoms. The van der Waals surface area contributed by atoms with Gasteiger partial charge in [-0.05, 0) is 62.3 Å². The topological polar surface area (TPSA) is 66.5 Å². The normalized spacial score (nSPS) is 20.9. The van der Waals surface area contributed by atoms with Gasteiger partial charge in [-0.15, -0.1) is 11.3 Å². The minimum atomic E-state index is -3.37. The fourth-order valence-corrected chi connectivity index (χ4v) is 6.62. The molecule has 1 aromatic heterocycles. The molecule has 1 fully saturated rings. The van der Waals surface area contributed by atoms with E-state index in [9.17, 15) is 13.2 Å². The summed E-state index contributed by atoms with van der Waals surface area (Å²) >= 11 is 1.26. The zero-order valence-electron chi connectivity index (χ0n) is 16.0. The predicted molar refractivity (Wildman–Crippen MR) is 109 cm³/mol. The standard InChI is InChI=1S/C20H30N2O3S2/c1-16(20(23)21-12-9-17-6-3-2-4-7-17)18-10-13-22(14-11-18)27(24,25)19-8-5-15-26-19/h5-6,8,15-16,18H,2-4,7,9-14H2,1H3,(H,21,23). The van der Waals surface area contributed by atoms with Crippen molar-refractivity contribution < 1.29 is 13.2 Å². The summed E-state index contributed by atoms with van der Waals surface area (Å²) < 4.78 is 27.2. The van der Waals surface area contributed by atoms with Crippen LogP contribution in [-0.2, 0) is 14.8 Å². The summed E-state index contributed by atoms with van der Waals surface area (Å²) in [6.07, 6.45) is 9.65. The highest BCUT2D eigenvalue weighted by atomic mass is 32.2. The van der Waals surface area contributed by atoms with E-state index in [1.54, 1.807) is 21.8 Å². The van der Waals surface area contributed by atoms with Gasteiger partial charge >= 0.3 is 0 Å². The molecule has 150 valence electrons. The SMILES string of the molecule is CC(C(=O)NCCC1=CCCCC1)C1CCN(S(=O)(=O)c2cccs2)CC1. The van der Waals surface area contributed by atoms with Crippen molar-refractivity contribution >= 4 is 27.3 Å². The summed E-state index contributed by atoms with van der Waals surface area (Å²) in [6, 6.07) is 3.42. The highest BCUT2D eigenvalue weighted by Crippen LogP contribution is 2.30. The minimum absolute atomic E-state index is 0.0723. The molecule has 0 saturated carbocycles. The number of hydrogen-bond donors (Lipinski definition) is 1. The number of allylic oxidation sites excluding steroid dienone is 1. The number of sulfonamides is 1. The Labute approximate surface area is 166 Å². The zero-order chi connectivity index (χ0) is 19.3. The molecular weight excluding hydrogens is 380 g/mol. The van der Waals surface area contributed by atoms with Gasteiger partial charge in [0.2, 0.25) is 5.91 Å². The third kappa shape index (κ3) is 5.21. The molecule has 27 heavy (non-hydrogen) atoms. The van der Waals surface area contributed by atoms with E-state index in [1.165, 1.54) is 42.6 Å². The second-order valence-electron chi connectivity index (χ2n) is 7.61. The average molecular weight is 411 g/mol. The zero-order valence-corrected chi connectivity index (χ0v) is 17.7. The highest BCUT2D eigenvalue weighted by molar-refractivity contribution is 7.91. The number of nitrogens with one attached hydrogen (secondary N) is 1. The fraction of sp³-hybridized carbons (Fsp3) is 0.650. The van der Waals surface area contributed by atoms with Crippen molar-refractivity contribution in [2.45, 2.75) is 56.1 Å². The molecule has 1 N–H and O–H groups in total. The first-order chi connectivity index (χ1) is 13.0. The average Bonchev–Trinajstić information content (AvgIpc) is 3.24. The van der Waals surface area contributed by atoms with Gasteiger partial charge in [0, 0.05) is 25.6 Å². The van der Waals surface area contributed by atoms with E-state index in [0.717, 1.165) is 19.3 Å². The Morgan fingerprint density at radius 1 is 1.33 bits per heavy atom. The quantitative estimate of drug-likeness (QED) is 0.696. The van der Waals surface area contributed by atoms with Crippen molar-refractivity contribution in [3.63, 3.8) is 0 Å². The van der Waals surface area contributed by atoms with Crippen LogP contribution in [0.5, 0.6) is 0 Å². The largest absolute Gasteiger partial charge is 0.356 e. The Bertz CT molecular complexity index is 748. The first kappa shape index (κ1) is 20.6. The monoisotopic (exact) mass is 410 g/mol. The number of piperidine rings is 1. The molecule has 2 aliphatic rings. The predicted octanol–water partition coefficient (Wildman–Crippen LogP) is 3.79. The number of nitrogens with zero attached hydrogens (tertiary/aromatic N) is 1. The van der Waals surface area contributed by atoms with Gasteiger partial charge in [0.05, 0.1) is 0 Å². The third-order valence-electron chi connectivity index (χ3n) is 5.84. The lowest BCUT2D eigenvalue weighted by atomic mass is 9.85. The van der Waals surface area contributed by atoms with E-state index in [0.29, 0.717) is 23.8 Å². The van der Waals surface area contributed by atoms with Crippen LogP contribution in [0.15, 0.2) is 33.4 Å². The molecule has 0 bridgehead atoms. The van der Waals surface area contributed by atoms with Crippen LogP contribution < -0.4 is 5.32 Å².